The van der Waals surface area contributed by atoms with E-state index < -0.39 is 0 Å². The van der Waals surface area contributed by atoms with E-state index in [1.54, 1.807) is 18.4 Å². The summed E-state index contributed by atoms with van der Waals surface area (Å²) in [5.74, 6) is 0.176. The topological polar surface area (TPSA) is 41.6 Å². The summed E-state index contributed by atoms with van der Waals surface area (Å²) in [6.07, 6.45) is 0.864. The summed E-state index contributed by atoms with van der Waals surface area (Å²) in [6, 6.07) is 2.14. The van der Waals surface area contributed by atoms with Crippen LogP contribution in [0.25, 0.3) is 0 Å². The normalized spacial score (nSPS) is 25.7. The molecule has 0 bridgehead atoms. The van der Waals surface area contributed by atoms with E-state index in [9.17, 15) is 4.79 Å². The molecule has 2 rings (SSSR count). The fraction of sp³-hybridized carbons (Fsp3) is 0.615. The van der Waals surface area contributed by atoms with Gasteiger partial charge < -0.3 is 9.64 Å². The monoisotopic (exact) mass is 268 g/mol. The van der Waals surface area contributed by atoms with Crippen LogP contribution in [0, 0.1) is 0 Å². The highest BCUT2D eigenvalue weighted by Gasteiger charge is 2.39. The minimum absolute atomic E-state index is 0.00519. The van der Waals surface area contributed by atoms with Crippen molar-refractivity contribution in [3.63, 3.8) is 0 Å². The summed E-state index contributed by atoms with van der Waals surface area (Å²) < 4.78 is 5.10. The highest BCUT2D eigenvalue weighted by molar-refractivity contribution is 7.07. The largest absolute Gasteiger partial charge is 0.385 e. The van der Waals surface area contributed by atoms with Crippen molar-refractivity contribution in [1.29, 1.82) is 0 Å². The van der Waals surface area contributed by atoms with Crippen molar-refractivity contribution in [1.82, 2.24) is 10.2 Å². The number of ether oxygens (including phenoxy) is 1. The maximum Gasteiger partial charge on any atom is 0.241 e. The fourth-order valence-corrected chi connectivity index (χ4v) is 3.00. The molecule has 1 N–H and O–H groups in total. The molecule has 0 saturated carbocycles. The second kappa shape index (κ2) is 5.82. The van der Waals surface area contributed by atoms with Gasteiger partial charge in [-0.2, -0.15) is 11.3 Å². The quantitative estimate of drug-likeness (QED) is 0.888. The van der Waals surface area contributed by atoms with Crippen LogP contribution in [0.1, 0.15) is 32.0 Å². The number of carbonyl (C=O) groups is 1. The van der Waals surface area contributed by atoms with Gasteiger partial charge in [-0.15, -0.1) is 0 Å². The number of nitrogens with one attached hydrogen (secondary N) is 1. The number of hydrogen-bond acceptors (Lipinski definition) is 4. The zero-order valence-electron chi connectivity index (χ0n) is 11.1. The van der Waals surface area contributed by atoms with Crippen molar-refractivity contribution in [3.8, 4) is 0 Å². The van der Waals surface area contributed by atoms with Crippen LogP contribution >= 0.6 is 11.3 Å². The first-order chi connectivity index (χ1) is 8.65. The lowest BCUT2D eigenvalue weighted by Gasteiger charge is -2.30. The van der Waals surface area contributed by atoms with Gasteiger partial charge in [-0.05, 0) is 42.7 Å². The Morgan fingerprint density at radius 3 is 3.00 bits per heavy atom. The lowest BCUT2D eigenvalue weighted by atomic mass is 10.1. The zero-order chi connectivity index (χ0) is 13.1. The van der Waals surface area contributed by atoms with E-state index in [1.165, 1.54) is 5.56 Å². The van der Waals surface area contributed by atoms with Gasteiger partial charge in [-0.1, -0.05) is 0 Å². The number of hydrogen-bond donors (Lipinski definition) is 1. The van der Waals surface area contributed by atoms with Crippen molar-refractivity contribution in [2.24, 2.45) is 0 Å². The Labute approximate surface area is 112 Å². The van der Waals surface area contributed by atoms with Crippen molar-refractivity contribution < 1.29 is 9.53 Å². The Morgan fingerprint density at radius 2 is 2.39 bits per heavy atom. The highest BCUT2D eigenvalue weighted by atomic mass is 32.1. The Hall–Kier alpha value is -0.910. The minimum atomic E-state index is -0.111. The Balaban J connectivity index is 2.15. The standard InChI is InChI=1S/C13H20N2O2S/c1-9(4-6-17-3)15-12(11-5-7-18-8-11)14-10(2)13(15)16/h5,7-10,12,14H,4,6H2,1-3H3. The molecule has 1 aliphatic heterocycles. The third-order valence-electron chi connectivity index (χ3n) is 3.38. The first-order valence-corrected chi connectivity index (χ1v) is 7.18. The number of amides is 1. The number of methoxy groups -OCH3 is 1. The van der Waals surface area contributed by atoms with Gasteiger partial charge in [-0.25, -0.2) is 0 Å². The number of nitrogens with zero attached hydrogens (tertiary/aromatic N) is 1. The molecule has 4 nitrogen and oxygen atoms in total. The van der Waals surface area contributed by atoms with Crippen molar-refractivity contribution >= 4 is 17.2 Å². The molecule has 3 atom stereocenters. The van der Waals surface area contributed by atoms with Crippen LogP contribution in [0.15, 0.2) is 16.8 Å². The van der Waals surface area contributed by atoms with E-state index in [-0.39, 0.29) is 24.2 Å². The van der Waals surface area contributed by atoms with E-state index in [1.807, 2.05) is 17.2 Å². The molecule has 1 aliphatic rings. The second-order valence-corrected chi connectivity index (χ2v) is 5.50. The predicted octanol–water partition coefficient (Wildman–Crippen LogP) is 1.99. The second-order valence-electron chi connectivity index (χ2n) is 4.72. The molecule has 1 fully saturated rings. The highest BCUT2D eigenvalue weighted by Crippen LogP contribution is 2.29. The van der Waals surface area contributed by atoms with Gasteiger partial charge in [0.05, 0.1) is 6.04 Å². The average molecular weight is 268 g/mol. The molecule has 1 saturated heterocycles. The third kappa shape index (κ3) is 2.58. The molecule has 3 unspecified atom stereocenters. The molecule has 0 aliphatic carbocycles. The van der Waals surface area contributed by atoms with E-state index >= 15 is 0 Å². The third-order valence-corrected chi connectivity index (χ3v) is 4.09. The molecule has 5 heteroatoms. The lowest BCUT2D eigenvalue weighted by molar-refractivity contribution is -0.132. The van der Waals surface area contributed by atoms with E-state index in [0.29, 0.717) is 6.61 Å². The van der Waals surface area contributed by atoms with Crippen LogP contribution in [-0.2, 0) is 9.53 Å². The van der Waals surface area contributed by atoms with Gasteiger partial charge in [-0.3, -0.25) is 10.1 Å². The lowest BCUT2D eigenvalue weighted by Crippen LogP contribution is -2.38. The first kappa shape index (κ1) is 13.5. The fourth-order valence-electron chi connectivity index (χ4n) is 2.33. The maximum atomic E-state index is 12.2. The van der Waals surface area contributed by atoms with Crippen LogP contribution in [0.4, 0.5) is 0 Å². The zero-order valence-corrected chi connectivity index (χ0v) is 11.9. The van der Waals surface area contributed by atoms with Gasteiger partial charge in [0.1, 0.15) is 6.17 Å². The number of carbonyl (C=O) groups excluding carboxylic acids is 1. The van der Waals surface area contributed by atoms with E-state index in [0.717, 1.165) is 6.42 Å². The predicted molar refractivity (Wildman–Crippen MR) is 72.5 cm³/mol. The van der Waals surface area contributed by atoms with E-state index in [4.69, 9.17) is 4.74 Å². The molecular formula is C13H20N2O2S. The molecule has 0 spiro atoms. The Morgan fingerprint density at radius 1 is 1.61 bits per heavy atom. The summed E-state index contributed by atoms with van der Waals surface area (Å²) in [4.78, 5) is 14.2. The van der Waals surface area contributed by atoms with Crippen molar-refractivity contribution in [2.45, 2.75) is 38.5 Å². The summed E-state index contributed by atoms with van der Waals surface area (Å²) in [5.41, 5.74) is 1.17. The SMILES string of the molecule is COCCC(C)N1C(=O)C(C)NC1c1ccsc1. The van der Waals surface area contributed by atoms with Crippen molar-refractivity contribution in [2.75, 3.05) is 13.7 Å². The molecule has 2 heterocycles. The Bertz CT molecular complexity index is 394. The van der Waals surface area contributed by atoms with Gasteiger partial charge in [0.25, 0.3) is 0 Å². The summed E-state index contributed by atoms with van der Waals surface area (Å²) in [5, 5.41) is 7.50. The molecular weight excluding hydrogens is 248 g/mol. The van der Waals surface area contributed by atoms with Crippen LogP contribution in [0.2, 0.25) is 0 Å². The number of thiophene rings is 1. The van der Waals surface area contributed by atoms with E-state index in [2.05, 4.69) is 23.7 Å². The van der Waals surface area contributed by atoms with Gasteiger partial charge >= 0.3 is 0 Å². The molecule has 18 heavy (non-hydrogen) atoms. The van der Waals surface area contributed by atoms with Gasteiger partial charge in [0.2, 0.25) is 5.91 Å². The maximum absolute atomic E-state index is 12.2. The molecule has 1 aromatic heterocycles. The van der Waals surface area contributed by atoms with Crippen molar-refractivity contribution in [3.05, 3.63) is 22.4 Å². The molecule has 0 aromatic carbocycles. The van der Waals surface area contributed by atoms with Crippen LogP contribution in [0.5, 0.6) is 0 Å². The van der Waals surface area contributed by atoms with Crippen LogP contribution < -0.4 is 5.32 Å². The summed E-state index contributed by atoms with van der Waals surface area (Å²) in [6.45, 7) is 4.68. The average Bonchev–Trinajstić information content (AvgIpc) is 2.96. The molecule has 0 radical (unpaired) electrons. The smallest absolute Gasteiger partial charge is 0.241 e. The Kier molecular flexibility index (Phi) is 4.37. The summed E-state index contributed by atoms with van der Waals surface area (Å²) >= 11 is 1.66. The number of rotatable bonds is 5. The minimum Gasteiger partial charge on any atom is -0.385 e. The van der Waals surface area contributed by atoms with Gasteiger partial charge in [0.15, 0.2) is 0 Å². The summed E-state index contributed by atoms with van der Waals surface area (Å²) in [7, 11) is 1.69. The van der Waals surface area contributed by atoms with Gasteiger partial charge in [0, 0.05) is 19.8 Å². The molecule has 1 amide bonds. The van der Waals surface area contributed by atoms with Crippen LogP contribution in [0.3, 0.4) is 0 Å². The first-order valence-electron chi connectivity index (χ1n) is 6.24. The van der Waals surface area contributed by atoms with Crippen LogP contribution in [-0.4, -0.2) is 36.6 Å². The molecule has 100 valence electrons. The molecule has 1 aromatic rings.